The van der Waals surface area contributed by atoms with Crippen molar-refractivity contribution < 1.29 is 17.9 Å². The average Bonchev–Trinajstić information content (AvgIpc) is 2.73. The third-order valence-corrected chi connectivity index (χ3v) is 5.99. The second-order valence-corrected chi connectivity index (χ2v) is 8.33. The highest BCUT2D eigenvalue weighted by atomic mass is 32.2. The van der Waals surface area contributed by atoms with Gasteiger partial charge in [-0.2, -0.15) is 0 Å². The zero-order valence-electron chi connectivity index (χ0n) is 16.1. The summed E-state index contributed by atoms with van der Waals surface area (Å²) in [6.07, 6.45) is 3.15. The van der Waals surface area contributed by atoms with Gasteiger partial charge in [0.25, 0.3) is 15.9 Å². The van der Waals surface area contributed by atoms with E-state index in [-0.39, 0.29) is 17.4 Å². The van der Waals surface area contributed by atoms with Gasteiger partial charge >= 0.3 is 0 Å². The van der Waals surface area contributed by atoms with Crippen molar-refractivity contribution in [2.75, 3.05) is 23.3 Å². The molecule has 0 aliphatic carbocycles. The van der Waals surface area contributed by atoms with E-state index >= 15 is 0 Å². The normalized spacial score (nSPS) is 11.0. The first-order valence-electron chi connectivity index (χ1n) is 8.84. The van der Waals surface area contributed by atoms with Gasteiger partial charge in [0.2, 0.25) is 0 Å². The maximum atomic E-state index is 12.8. The van der Waals surface area contributed by atoms with Crippen molar-refractivity contribution in [2.24, 2.45) is 0 Å². The van der Waals surface area contributed by atoms with Crippen LogP contribution in [0.5, 0.6) is 5.75 Å². The van der Waals surface area contributed by atoms with Crippen molar-refractivity contribution in [3.8, 4) is 5.75 Å². The maximum absolute atomic E-state index is 12.8. The first-order chi connectivity index (χ1) is 13.9. The Morgan fingerprint density at radius 1 is 1.07 bits per heavy atom. The molecule has 1 aromatic heterocycles. The van der Waals surface area contributed by atoms with Crippen LogP contribution in [0.2, 0.25) is 0 Å². The average molecular weight is 411 g/mol. The molecule has 0 saturated carbocycles. The Balaban J connectivity index is 1.62. The third-order valence-electron chi connectivity index (χ3n) is 4.19. The van der Waals surface area contributed by atoms with Crippen LogP contribution in [0, 0.1) is 6.92 Å². The summed E-state index contributed by atoms with van der Waals surface area (Å²) in [5.41, 5.74) is 2.05. The molecular formula is C21H21N3O4S. The number of anilines is 2. The van der Waals surface area contributed by atoms with E-state index in [1.54, 1.807) is 66.9 Å². The molecule has 0 unspecified atom stereocenters. The predicted octanol–water partition coefficient (Wildman–Crippen LogP) is 3.23. The number of nitrogens with one attached hydrogen (secondary N) is 1. The van der Waals surface area contributed by atoms with Crippen LogP contribution in [0.4, 0.5) is 11.4 Å². The van der Waals surface area contributed by atoms with Crippen LogP contribution in [0.15, 0.2) is 78.0 Å². The van der Waals surface area contributed by atoms with E-state index in [0.29, 0.717) is 17.1 Å². The monoisotopic (exact) mass is 411 g/mol. The largest absolute Gasteiger partial charge is 0.484 e. The standard InChI is InChI=1S/C21H21N3O4S/c1-16-5-11-20(12-6-16)29(26,27)24(2)18-7-9-19(10-8-18)28-15-21(25)23-17-4-3-13-22-14-17/h3-14H,15H2,1-2H3,(H,23,25). The Hall–Kier alpha value is -3.39. The molecular weight excluding hydrogens is 390 g/mol. The van der Waals surface area contributed by atoms with Crippen molar-refractivity contribution in [2.45, 2.75) is 11.8 Å². The Morgan fingerprint density at radius 3 is 2.38 bits per heavy atom. The molecule has 0 atom stereocenters. The Bertz CT molecular complexity index is 1070. The molecule has 1 N–H and O–H groups in total. The fourth-order valence-electron chi connectivity index (χ4n) is 2.54. The number of rotatable bonds is 7. The van der Waals surface area contributed by atoms with Gasteiger partial charge in [0.15, 0.2) is 6.61 Å². The van der Waals surface area contributed by atoms with Crippen LogP contribution >= 0.6 is 0 Å². The minimum absolute atomic E-state index is 0.175. The molecule has 0 radical (unpaired) electrons. The number of aromatic nitrogens is 1. The lowest BCUT2D eigenvalue weighted by Crippen LogP contribution is -2.26. The number of hydrogen-bond acceptors (Lipinski definition) is 5. The molecule has 2 aromatic carbocycles. The fraction of sp³-hybridized carbons (Fsp3) is 0.143. The lowest BCUT2D eigenvalue weighted by molar-refractivity contribution is -0.118. The first-order valence-corrected chi connectivity index (χ1v) is 10.3. The molecule has 1 heterocycles. The minimum atomic E-state index is -3.66. The molecule has 0 aliphatic rings. The van der Waals surface area contributed by atoms with Gasteiger partial charge in [-0.15, -0.1) is 0 Å². The highest BCUT2D eigenvalue weighted by Crippen LogP contribution is 2.24. The van der Waals surface area contributed by atoms with Crippen LogP contribution in [-0.2, 0) is 14.8 Å². The third kappa shape index (κ3) is 5.11. The molecule has 3 rings (SSSR count). The van der Waals surface area contributed by atoms with Gasteiger partial charge < -0.3 is 10.1 Å². The number of nitrogens with zero attached hydrogens (tertiary/aromatic N) is 2. The Morgan fingerprint density at radius 2 is 1.76 bits per heavy atom. The molecule has 0 saturated heterocycles. The fourth-order valence-corrected chi connectivity index (χ4v) is 3.74. The van der Waals surface area contributed by atoms with Gasteiger partial charge in [0, 0.05) is 13.2 Å². The summed E-state index contributed by atoms with van der Waals surface area (Å²) in [6, 6.07) is 16.6. The Kier molecular flexibility index (Phi) is 6.13. The van der Waals surface area contributed by atoms with Crippen LogP contribution in [-0.4, -0.2) is 33.0 Å². The quantitative estimate of drug-likeness (QED) is 0.645. The molecule has 7 nitrogen and oxygen atoms in total. The van der Waals surface area contributed by atoms with E-state index in [1.807, 2.05) is 6.92 Å². The molecule has 29 heavy (non-hydrogen) atoms. The number of hydrogen-bond donors (Lipinski definition) is 1. The van der Waals surface area contributed by atoms with Gasteiger partial charge in [0.1, 0.15) is 5.75 Å². The summed E-state index contributed by atoms with van der Waals surface area (Å²) < 4.78 is 32.2. The summed E-state index contributed by atoms with van der Waals surface area (Å²) >= 11 is 0. The van der Waals surface area contributed by atoms with Crippen LogP contribution in [0.3, 0.4) is 0 Å². The first kappa shape index (κ1) is 20.3. The summed E-state index contributed by atoms with van der Waals surface area (Å²) in [7, 11) is -2.17. The predicted molar refractivity (Wildman–Crippen MR) is 112 cm³/mol. The zero-order valence-corrected chi connectivity index (χ0v) is 16.9. The van der Waals surface area contributed by atoms with Gasteiger partial charge in [-0.25, -0.2) is 8.42 Å². The van der Waals surface area contributed by atoms with Crippen molar-refractivity contribution >= 4 is 27.3 Å². The van der Waals surface area contributed by atoms with E-state index in [4.69, 9.17) is 4.74 Å². The highest BCUT2D eigenvalue weighted by molar-refractivity contribution is 7.92. The molecule has 1 amide bonds. The minimum Gasteiger partial charge on any atom is -0.484 e. The number of benzene rings is 2. The number of aryl methyl sites for hydroxylation is 1. The second kappa shape index (κ2) is 8.74. The number of ether oxygens (including phenoxy) is 1. The lowest BCUT2D eigenvalue weighted by Gasteiger charge is -2.20. The SMILES string of the molecule is Cc1ccc(S(=O)(=O)N(C)c2ccc(OCC(=O)Nc3cccnc3)cc2)cc1. The van der Waals surface area contributed by atoms with E-state index < -0.39 is 10.0 Å². The van der Waals surface area contributed by atoms with E-state index in [1.165, 1.54) is 17.5 Å². The highest BCUT2D eigenvalue weighted by Gasteiger charge is 2.21. The number of amides is 1. The van der Waals surface area contributed by atoms with E-state index in [2.05, 4.69) is 10.3 Å². The number of sulfonamides is 1. The van der Waals surface area contributed by atoms with E-state index in [0.717, 1.165) is 5.56 Å². The van der Waals surface area contributed by atoms with Gasteiger partial charge in [-0.1, -0.05) is 17.7 Å². The zero-order chi connectivity index (χ0) is 20.9. The summed E-state index contributed by atoms with van der Waals surface area (Å²) in [5.74, 6) is 0.136. The smallest absolute Gasteiger partial charge is 0.264 e. The van der Waals surface area contributed by atoms with Crippen LogP contribution in [0.25, 0.3) is 0 Å². The molecule has 0 spiro atoms. The van der Waals surface area contributed by atoms with Crippen molar-refractivity contribution in [1.82, 2.24) is 4.98 Å². The van der Waals surface area contributed by atoms with E-state index in [9.17, 15) is 13.2 Å². The van der Waals surface area contributed by atoms with Crippen molar-refractivity contribution in [3.05, 3.63) is 78.6 Å². The Labute approximate surface area is 170 Å². The molecule has 0 bridgehead atoms. The second-order valence-electron chi connectivity index (χ2n) is 6.36. The molecule has 8 heteroatoms. The lowest BCUT2D eigenvalue weighted by atomic mass is 10.2. The summed E-state index contributed by atoms with van der Waals surface area (Å²) in [5, 5.41) is 2.67. The van der Waals surface area contributed by atoms with Crippen LogP contribution < -0.4 is 14.4 Å². The number of carbonyl (C=O) groups is 1. The summed E-state index contributed by atoms with van der Waals surface area (Å²) in [6.45, 7) is 1.72. The van der Waals surface area contributed by atoms with Crippen LogP contribution in [0.1, 0.15) is 5.56 Å². The number of carbonyl (C=O) groups excluding carboxylic acids is 1. The maximum Gasteiger partial charge on any atom is 0.264 e. The van der Waals surface area contributed by atoms with Gasteiger partial charge in [0.05, 0.1) is 22.5 Å². The van der Waals surface area contributed by atoms with Crippen molar-refractivity contribution in [1.29, 1.82) is 0 Å². The molecule has 0 aliphatic heterocycles. The topological polar surface area (TPSA) is 88.6 Å². The summed E-state index contributed by atoms with van der Waals surface area (Å²) in [4.78, 5) is 16.1. The molecule has 0 fully saturated rings. The van der Waals surface area contributed by atoms with Crippen molar-refractivity contribution in [3.63, 3.8) is 0 Å². The van der Waals surface area contributed by atoms with Gasteiger partial charge in [-0.05, 0) is 55.5 Å². The molecule has 150 valence electrons. The number of pyridine rings is 1. The van der Waals surface area contributed by atoms with Gasteiger partial charge in [-0.3, -0.25) is 14.1 Å². The molecule has 3 aromatic rings.